The summed E-state index contributed by atoms with van der Waals surface area (Å²) < 4.78 is 39.6. The normalized spacial score (nSPS) is 20.9. The second-order valence-electron chi connectivity index (χ2n) is 3.98. The highest BCUT2D eigenvalue weighted by Gasteiger charge is 2.29. The Labute approximate surface area is 97.3 Å². The first kappa shape index (κ1) is 14.2. The van der Waals surface area contributed by atoms with Crippen LogP contribution >= 0.6 is 0 Å². The molecule has 0 aromatic heterocycles. The molecule has 1 rings (SSSR count). The van der Waals surface area contributed by atoms with E-state index in [2.05, 4.69) is 4.74 Å². The molecular weight excluding hydrogens is 239 g/mol. The number of aliphatic hydroxyl groups is 1. The lowest BCUT2D eigenvalue weighted by Gasteiger charge is -2.22. The molecule has 1 heterocycles. The van der Waals surface area contributed by atoms with Crippen molar-refractivity contribution in [3.8, 4) is 0 Å². The number of rotatable bonds is 5. The van der Waals surface area contributed by atoms with Crippen LogP contribution in [-0.4, -0.2) is 54.5 Å². The molecule has 1 aliphatic rings. The second kappa shape index (κ2) is 6.20. The summed E-state index contributed by atoms with van der Waals surface area (Å²) in [6.07, 6.45) is -2.87. The molecule has 0 spiro atoms. The maximum atomic E-state index is 11.7. The van der Waals surface area contributed by atoms with Gasteiger partial charge in [-0.05, 0) is 12.8 Å². The Morgan fingerprint density at radius 1 is 1.47 bits per heavy atom. The highest BCUT2D eigenvalue weighted by atomic mass is 19.4. The Bertz CT molecular complexity index is 258. The maximum Gasteiger partial charge on any atom is 0.411 e. The summed E-state index contributed by atoms with van der Waals surface area (Å²) in [6, 6.07) is -0.190. The first-order valence-electron chi connectivity index (χ1n) is 5.49. The van der Waals surface area contributed by atoms with Crippen molar-refractivity contribution in [3.05, 3.63) is 0 Å². The molecule has 0 radical (unpaired) electrons. The number of hydrogen-bond acceptors (Lipinski definition) is 3. The number of amides is 1. The number of aliphatic hydroxyl groups excluding tert-OH is 1. The number of alkyl halides is 3. The molecule has 1 aliphatic heterocycles. The van der Waals surface area contributed by atoms with Crippen molar-refractivity contribution < 1.29 is 27.8 Å². The predicted molar refractivity (Wildman–Crippen MR) is 53.3 cm³/mol. The molecule has 0 saturated carbocycles. The highest BCUT2D eigenvalue weighted by Crippen LogP contribution is 2.18. The van der Waals surface area contributed by atoms with Gasteiger partial charge in [0.15, 0.2) is 0 Å². The zero-order valence-electron chi connectivity index (χ0n) is 9.37. The first-order valence-corrected chi connectivity index (χ1v) is 5.49. The molecule has 100 valence electrons. The van der Waals surface area contributed by atoms with Crippen molar-refractivity contribution in [2.75, 3.05) is 26.4 Å². The quantitative estimate of drug-likeness (QED) is 0.744. The van der Waals surface area contributed by atoms with Crippen molar-refractivity contribution in [2.45, 2.75) is 31.5 Å². The van der Waals surface area contributed by atoms with E-state index in [1.54, 1.807) is 0 Å². The molecule has 4 nitrogen and oxygen atoms in total. The van der Waals surface area contributed by atoms with E-state index in [1.165, 1.54) is 4.90 Å². The van der Waals surface area contributed by atoms with Crippen molar-refractivity contribution in [3.63, 3.8) is 0 Å². The summed E-state index contributed by atoms with van der Waals surface area (Å²) in [5.41, 5.74) is 0. The topological polar surface area (TPSA) is 49.8 Å². The Kier molecular flexibility index (Phi) is 5.20. The van der Waals surface area contributed by atoms with Gasteiger partial charge in [-0.1, -0.05) is 0 Å². The molecule has 1 fully saturated rings. The molecule has 1 atom stereocenters. The molecule has 1 unspecified atom stereocenters. The maximum absolute atomic E-state index is 11.7. The Balaban J connectivity index is 2.21. The summed E-state index contributed by atoms with van der Waals surface area (Å²) in [4.78, 5) is 13.1. The first-order chi connectivity index (χ1) is 7.94. The van der Waals surface area contributed by atoms with Crippen LogP contribution in [-0.2, 0) is 9.53 Å². The van der Waals surface area contributed by atoms with Gasteiger partial charge in [-0.25, -0.2) is 0 Å². The van der Waals surface area contributed by atoms with E-state index in [0.29, 0.717) is 6.54 Å². The number of carbonyl (C=O) groups excluding carboxylic acids is 1. The van der Waals surface area contributed by atoms with Crippen LogP contribution in [0.3, 0.4) is 0 Å². The Morgan fingerprint density at radius 2 is 2.18 bits per heavy atom. The zero-order chi connectivity index (χ0) is 12.9. The monoisotopic (exact) mass is 255 g/mol. The van der Waals surface area contributed by atoms with Crippen LogP contribution in [0.4, 0.5) is 13.2 Å². The van der Waals surface area contributed by atoms with Crippen molar-refractivity contribution >= 4 is 5.91 Å². The third kappa shape index (κ3) is 4.91. The van der Waals surface area contributed by atoms with Crippen LogP contribution < -0.4 is 0 Å². The number of carbonyl (C=O) groups is 1. The summed E-state index contributed by atoms with van der Waals surface area (Å²) in [5, 5.41) is 8.99. The van der Waals surface area contributed by atoms with Gasteiger partial charge < -0.3 is 14.7 Å². The van der Waals surface area contributed by atoms with Gasteiger partial charge in [-0.15, -0.1) is 0 Å². The smallest absolute Gasteiger partial charge is 0.394 e. The van der Waals surface area contributed by atoms with E-state index < -0.39 is 12.8 Å². The largest absolute Gasteiger partial charge is 0.411 e. The van der Waals surface area contributed by atoms with Gasteiger partial charge in [-0.3, -0.25) is 4.79 Å². The Morgan fingerprint density at radius 3 is 2.76 bits per heavy atom. The van der Waals surface area contributed by atoms with Crippen LogP contribution in [0, 0.1) is 0 Å². The van der Waals surface area contributed by atoms with E-state index in [-0.39, 0.29) is 31.6 Å². The van der Waals surface area contributed by atoms with Crippen molar-refractivity contribution in [2.24, 2.45) is 0 Å². The van der Waals surface area contributed by atoms with Crippen LogP contribution in [0.1, 0.15) is 19.3 Å². The SMILES string of the molecule is O=C(CCOCC(F)(F)F)N1CCCC1CO. The number of nitrogens with zero attached hydrogens (tertiary/aromatic N) is 1. The summed E-state index contributed by atoms with van der Waals surface area (Å²) in [5.74, 6) is -0.260. The van der Waals surface area contributed by atoms with Gasteiger partial charge in [-0.2, -0.15) is 13.2 Å². The fraction of sp³-hybridized carbons (Fsp3) is 0.900. The molecular formula is C10H16F3NO3. The minimum absolute atomic E-state index is 0.0768. The van der Waals surface area contributed by atoms with Gasteiger partial charge >= 0.3 is 6.18 Å². The fourth-order valence-electron chi connectivity index (χ4n) is 1.84. The molecule has 1 saturated heterocycles. The Hall–Kier alpha value is -0.820. The van der Waals surface area contributed by atoms with Crippen LogP contribution in [0.15, 0.2) is 0 Å². The number of ether oxygens (including phenoxy) is 1. The molecule has 0 aromatic carbocycles. The molecule has 0 aromatic rings. The van der Waals surface area contributed by atoms with Gasteiger partial charge in [0.25, 0.3) is 0 Å². The standard InChI is InChI=1S/C10H16F3NO3/c11-10(12,13)7-17-5-3-9(16)14-4-1-2-8(14)6-15/h8,15H,1-7H2. The van der Waals surface area contributed by atoms with E-state index in [4.69, 9.17) is 5.11 Å². The third-order valence-corrected chi connectivity index (χ3v) is 2.63. The third-order valence-electron chi connectivity index (χ3n) is 2.63. The van der Waals surface area contributed by atoms with Gasteiger partial charge in [0.05, 0.1) is 25.7 Å². The second-order valence-corrected chi connectivity index (χ2v) is 3.98. The van der Waals surface area contributed by atoms with Crippen LogP contribution in [0.5, 0.6) is 0 Å². The molecule has 17 heavy (non-hydrogen) atoms. The lowest BCUT2D eigenvalue weighted by Crippen LogP contribution is -2.38. The van der Waals surface area contributed by atoms with E-state index in [0.717, 1.165) is 12.8 Å². The van der Waals surface area contributed by atoms with Gasteiger partial charge in [0.2, 0.25) is 5.91 Å². The lowest BCUT2D eigenvalue weighted by atomic mass is 10.2. The fourth-order valence-corrected chi connectivity index (χ4v) is 1.84. The van der Waals surface area contributed by atoms with E-state index >= 15 is 0 Å². The summed E-state index contributed by atoms with van der Waals surface area (Å²) in [7, 11) is 0. The molecule has 0 bridgehead atoms. The summed E-state index contributed by atoms with van der Waals surface area (Å²) in [6.45, 7) is -1.12. The van der Waals surface area contributed by atoms with Crippen LogP contribution in [0.2, 0.25) is 0 Å². The highest BCUT2D eigenvalue weighted by molar-refractivity contribution is 5.76. The average Bonchev–Trinajstić information content (AvgIpc) is 2.70. The zero-order valence-corrected chi connectivity index (χ0v) is 9.37. The average molecular weight is 255 g/mol. The number of likely N-dealkylation sites (tertiary alicyclic amines) is 1. The van der Waals surface area contributed by atoms with E-state index in [9.17, 15) is 18.0 Å². The summed E-state index contributed by atoms with van der Waals surface area (Å²) >= 11 is 0. The van der Waals surface area contributed by atoms with Gasteiger partial charge in [0.1, 0.15) is 6.61 Å². The van der Waals surface area contributed by atoms with E-state index in [1.807, 2.05) is 0 Å². The van der Waals surface area contributed by atoms with Crippen LogP contribution in [0.25, 0.3) is 0 Å². The molecule has 1 amide bonds. The number of halogens is 3. The van der Waals surface area contributed by atoms with Crippen molar-refractivity contribution in [1.29, 1.82) is 0 Å². The minimum Gasteiger partial charge on any atom is -0.394 e. The minimum atomic E-state index is -4.36. The molecule has 1 N–H and O–H groups in total. The lowest BCUT2D eigenvalue weighted by molar-refractivity contribution is -0.175. The molecule has 7 heteroatoms. The molecule has 0 aliphatic carbocycles. The van der Waals surface area contributed by atoms with Gasteiger partial charge in [0, 0.05) is 6.54 Å². The van der Waals surface area contributed by atoms with Crippen molar-refractivity contribution in [1.82, 2.24) is 4.90 Å². The number of hydrogen-bond donors (Lipinski definition) is 1. The predicted octanol–water partition coefficient (Wildman–Crippen LogP) is 0.939.